The van der Waals surface area contributed by atoms with Gasteiger partial charge in [0.2, 0.25) is 0 Å². The van der Waals surface area contributed by atoms with E-state index in [0.29, 0.717) is 11.8 Å². The molecule has 6 heteroatoms. The van der Waals surface area contributed by atoms with Gasteiger partial charge in [0.1, 0.15) is 23.3 Å². The van der Waals surface area contributed by atoms with Crippen LogP contribution in [0, 0.1) is 13.8 Å². The van der Waals surface area contributed by atoms with Gasteiger partial charge >= 0.3 is 0 Å². The highest BCUT2D eigenvalue weighted by atomic mass is 35.5. The highest BCUT2D eigenvalue weighted by Crippen LogP contribution is 2.27. The van der Waals surface area contributed by atoms with E-state index in [-0.39, 0.29) is 0 Å². The van der Waals surface area contributed by atoms with Crippen LogP contribution in [0.3, 0.4) is 0 Å². The van der Waals surface area contributed by atoms with E-state index in [1.165, 1.54) is 0 Å². The monoisotopic (exact) mass is 390 g/mol. The van der Waals surface area contributed by atoms with Crippen molar-refractivity contribution in [3.63, 3.8) is 0 Å². The lowest BCUT2D eigenvalue weighted by Gasteiger charge is -2.10. The Balaban J connectivity index is 1.50. The molecule has 0 unspecified atom stereocenters. The summed E-state index contributed by atoms with van der Waals surface area (Å²) in [5, 5.41) is 0.461. The fraction of sp³-hybridized carbons (Fsp3) is 0.136. The largest absolute Gasteiger partial charge is 0.489 e. The molecule has 4 aromatic rings. The lowest BCUT2D eigenvalue weighted by molar-refractivity contribution is 0.303. The molecule has 140 valence electrons. The van der Waals surface area contributed by atoms with Gasteiger partial charge in [0.05, 0.1) is 11.9 Å². The molecule has 1 aromatic carbocycles. The van der Waals surface area contributed by atoms with Crippen molar-refractivity contribution >= 4 is 11.6 Å². The summed E-state index contributed by atoms with van der Waals surface area (Å²) < 4.78 is 5.95. The zero-order chi connectivity index (χ0) is 19.5. The number of aromatic amines is 1. The van der Waals surface area contributed by atoms with Crippen molar-refractivity contribution in [2.45, 2.75) is 20.5 Å². The fourth-order valence-electron chi connectivity index (χ4n) is 2.85. The van der Waals surface area contributed by atoms with E-state index < -0.39 is 0 Å². The second-order valence-corrected chi connectivity index (χ2v) is 6.98. The molecular weight excluding hydrogens is 372 g/mol. The van der Waals surface area contributed by atoms with Gasteiger partial charge in [-0.15, -0.1) is 0 Å². The minimum atomic E-state index is 0.461. The Morgan fingerprint density at radius 1 is 0.893 bits per heavy atom. The van der Waals surface area contributed by atoms with E-state index >= 15 is 0 Å². The van der Waals surface area contributed by atoms with Gasteiger partial charge in [-0.25, -0.2) is 9.97 Å². The van der Waals surface area contributed by atoms with E-state index in [0.717, 1.165) is 45.2 Å². The van der Waals surface area contributed by atoms with Gasteiger partial charge in [-0.1, -0.05) is 17.7 Å². The maximum absolute atomic E-state index is 5.95. The van der Waals surface area contributed by atoms with E-state index in [1.54, 1.807) is 12.3 Å². The van der Waals surface area contributed by atoms with Crippen LogP contribution in [-0.2, 0) is 6.61 Å². The second kappa shape index (κ2) is 7.82. The van der Waals surface area contributed by atoms with Crippen molar-refractivity contribution in [3.8, 4) is 28.4 Å². The smallest absolute Gasteiger partial charge is 0.139 e. The molecule has 0 spiro atoms. The number of aromatic nitrogens is 4. The Hall–Kier alpha value is -3.18. The SMILES string of the molecule is Cc1ccc(COc2ccc(-c3cnc(-c4ccc(Cl)nc4)[nH]3)cc2C)cn1. The van der Waals surface area contributed by atoms with Crippen molar-refractivity contribution in [2.75, 3.05) is 0 Å². The van der Waals surface area contributed by atoms with Crippen molar-refractivity contribution < 1.29 is 4.74 Å². The summed E-state index contributed by atoms with van der Waals surface area (Å²) in [6.07, 6.45) is 5.36. The third-order valence-electron chi connectivity index (χ3n) is 4.43. The first kappa shape index (κ1) is 18.2. The number of nitrogens with one attached hydrogen (secondary N) is 1. The molecule has 0 saturated carbocycles. The van der Waals surface area contributed by atoms with Crippen molar-refractivity contribution in [3.05, 3.63) is 83.0 Å². The molecule has 28 heavy (non-hydrogen) atoms. The fourth-order valence-corrected chi connectivity index (χ4v) is 2.97. The minimum absolute atomic E-state index is 0.461. The average Bonchev–Trinajstić information content (AvgIpc) is 3.19. The molecule has 0 fully saturated rings. The molecule has 0 radical (unpaired) electrons. The molecule has 0 aliphatic carbocycles. The van der Waals surface area contributed by atoms with Crippen LogP contribution in [-0.4, -0.2) is 19.9 Å². The number of hydrogen-bond acceptors (Lipinski definition) is 4. The summed E-state index contributed by atoms with van der Waals surface area (Å²) in [7, 11) is 0. The van der Waals surface area contributed by atoms with Crippen LogP contribution in [0.5, 0.6) is 5.75 Å². The predicted octanol–water partition coefficient (Wildman–Crippen LogP) is 5.38. The molecule has 4 rings (SSSR count). The highest BCUT2D eigenvalue weighted by molar-refractivity contribution is 6.29. The molecule has 3 heterocycles. The average molecular weight is 391 g/mol. The number of benzene rings is 1. The van der Waals surface area contributed by atoms with E-state index in [4.69, 9.17) is 16.3 Å². The van der Waals surface area contributed by atoms with Crippen molar-refractivity contribution in [1.82, 2.24) is 19.9 Å². The molecular formula is C22H19ClN4O. The molecule has 0 saturated heterocycles. The number of H-pyrrole nitrogens is 1. The third-order valence-corrected chi connectivity index (χ3v) is 4.65. The summed E-state index contributed by atoms with van der Waals surface area (Å²) in [6.45, 7) is 4.50. The van der Waals surface area contributed by atoms with Crippen LogP contribution in [0.4, 0.5) is 0 Å². The summed E-state index contributed by atoms with van der Waals surface area (Å²) in [5.41, 5.74) is 5.97. The second-order valence-electron chi connectivity index (χ2n) is 6.59. The number of halogens is 1. The Labute approximate surface area is 168 Å². The lowest BCUT2D eigenvalue weighted by atomic mass is 10.1. The van der Waals surface area contributed by atoms with Gasteiger partial charge < -0.3 is 9.72 Å². The molecule has 3 aromatic heterocycles. The number of aryl methyl sites for hydroxylation is 2. The van der Waals surface area contributed by atoms with Crippen LogP contribution < -0.4 is 4.74 Å². The summed E-state index contributed by atoms with van der Waals surface area (Å²) in [5.74, 6) is 1.61. The Morgan fingerprint density at radius 3 is 2.46 bits per heavy atom. The normalized spacial score (nSPS) is 10.8. The molecule has 0 amide bonds. The standard InChI is InChI=1S/C22H19ClN4O/c1-14-9-17(5-7-20(14)28-13-16-4-3-15(2)24-10-16)19-12-26-22(27-19)18-6-8-21(23)25-11-18/h3-12H,13H2,1-2H3,(H,26,27). The first-order valence-electron chi connectivity index (χ1n) is 8.91. The zero-order valence-electron chi connectivity index (χ0n) is 15.6. The number of nitrogens with zero attached hydrogens (tertiary/aromatic N) is 3. The number of rotatable bonds is 5. The van der Waals surface area contributed by atoms with Crippen LogP contribution >= 0.6 is 11.6 Å². The molecule has 1 N–H and O–H groups in total. The van der Waals surface area contributed by atoms with Crippen molar-refractivity contribution in [1.29, 1.82) is 0 Å². The van der Waals surface area contributed by atoms with Crippen LogP contribution in [0.1, 0.15) is 16.8 Å². The van der Waals surface area contributed by atoms with Crippen LogP contribution in [0.2, 0.25) is 5.15 Å². The Morgan fingerprint density at radius 2 is 1.75 bits per heavy atom. The summed E-state index contributed by atoms with van der Waals surface area (Å²) >= 11 is 5.85. The topological polar surface area (TPSA) is 63.7 Å². The predicted molar refractivity (Wildman–Crippen MR) is 110 cm³/mol. The zero-order valence-corrected chi connectivity index (χ0v) is 16.4. The maximum atomic E-state index is 5.95. The van der Waals surface area contributed by atoms with Gasteiger partial charge in [-0.3, -0.25) is 4.98 Å². The van der Waals surface area contributed by atoms with Crippen LogP contribution in [0.15, 0.2) is 61.1 Å². The number of hydrogen-bond donors (Lipinski definition) is 1. The molecule has 0 atom stereocenters. The maximum Gasteiger partial charge on any atom is 0.139 e. The van der Waals surface area contributed by atoms with Gasteiger partial charge in [-0.2, -0.15) is 0 Å². The minimum Gasteiger partial charge on any atom is -0.489 e. The summed E-state index contributed by atoms with van der Waals surface area (Å²) in [6, 6.07) is 13.7. The number of pyridine rings is 2. The van der Waals surface area contributed by atoms with Gasteiger partial charge in [0.15, 0.2) is 0 Å². The molecule has 5 nitrogen and oxygen atoms in total. The van der Waals surface area contributed by atoms with Gasteiger partial charge in [0.25, 0.3) is 0 Å². The summed E-state index contributed by atoms with van der Waals surface area (Å²) in [4.78, 5) is 16.2. The quantitative estimate of drug-likeness (QED) is 0.464. The Bertz CT molecular complexity index is 1090. The van der Waals surface area contributed by atoms with E-state index in [2.05, 4.69) is 26.0 Å². The lowest BCUT2D eigenvalue weighted by Crippen LogP contribution is -1.98. The third kappa shape index (κ3) is 4.05. The number of ether oxygens (including phenoxy) is 1. The number of imidazole rings is 1. The Kier molecular flexibility index (Phi) is 5.08. The van der Waals surface area contributed by atoms with Crippen LogP contribution in [0.25, 0.3) is 22.6 Å². The van der Waals surface area contributed by atoms with Gasteiger partial charge in [0, 0.05) is 34.8 Å². The van der Waals surface area contributed by atoms with E-state index in [9.17, 15) is 0 Å². The first-order valence-corrected chi connectivity index (χ1v) is 9.28. The molecule has 0 bridgehead atoms. The van der Waals surface area contributed by atoms with E-state index in [1.807, 2.05) is 56.6 Å². The van der Waals surface area contributed by atoms with Crippen molar-refractivity contribution in [2.24, 2.45) is 0 Å². The molecule has 0 aliphatic rings. The molecule has 0 aliphatic heterocycles. The first-order chi connectivity index (χ1) is 13.6. The highest BCUT2D eigenvalue weighted by Gasteiger charge is 2.08. The van der Waals surface area contributed by atoms with Gasteiger partial charge in [-0.05, 0) is 55.8 Å².